The Kier molecular flexibility index (Phi) is 3.58. The summed E-state index contributed by atoms with van der Waals surface area (Å²) in [6.07, 6.45) is 3.13. The normalized spacial score (nSPS) is 26.7. The number of carbonyl (C=O) groups excluding carboxylic acids is 1. The number of hydrogen-bond acceptors (Lipinski definition) is 4. The number of aromatic nitrogens is 2. The van der Waals surface area contributed by atoms with Gasteiger partial charge in [0.05, 0.1) is 17.4 Å². The Morgan fingerprint density at radius 3 is 2.40 bits per heavy atom. The second-order valence-electron chi connectivity index (χ2n) is 6.69. The molecular weight excluding hydrogens is 254 g/mol. The molecule has 110 valence electrons. The van der Waals surface area contributed by atoms with Crippen LogP contribution >= 0.6 is 0 Å². The summed E-state index contributed by atoms with van der Waals surface area (Å²) < 4.78 is 5.58. The van der Waals surface area contributed by atoms with Crippen molar-refractivity contribution in [2.75, 3.05) is 7.11 Å². The Balaban J connectivity index is 2.19. The van der Waals surface area contributed by atoms with Crippen LogP contribution in [0.3, 0.4) is 0 Å². The number of amides is 1. The van der Waals surface area contributed by atoms with E-state index < -0.39 is 0 Å². The van der Waals surface area contributed by atoms with Gasteiger partial charge in [-0.3, -0.25) is 4.79 Å². The molecule has 0 aliphatic heterocycles. The third kappa shape index (κ3) is 2.10. The van der Waals surface area contributed by atoms with Gasteiger partial charge >= 0.3 is 0 Å². The smallest absolute Gasteiger partial charge is 0.254 e. The first-order valence-corrected chi connectivity index (χ1v) is 6.83. The summed E-state index contributed by atoms with van der Waals surface area (Å²) in [6, 6.07) is 0.0482. The summed E-state index contributed by atoms with van der Waals surface area (Å²) in [4.78, 5) is 20.4. The summed E-state index contributed by atoms with van der Waals surface area (Å²) in [5, 5.41) is 3.12. The molecule has 1 aliphatic carbocycles. The van der Waals surface area contributed by atoms with E-state index in [4.69, 9.17) is 4.74 Å². The molecule has 1 fully saturated rings. The number of ether oxygens (including phenoxy) is 1. The van der Waals surface area contributed by atoms with Crippen LogP contribution in [0.15, 0.2) is 12.5 Å². The molecule has 0 unspecified atom stereocenters. The molecule has 0 radical (unpaired) electrons. The molecule has 5 heteroatoms. The lowest BCUT2D eigenvalue weighted by Gasteiger charge is -2.63. The van der Waals surface area contributed by atoms with Crippen LogP contribution < -0.4 is 5.32 Å². The third-order valence-electron chi connectivity index (χ3n) is 4.51. The SMILES string of the molecule is COC1C(C)(C)C(NC(=O)c2cncnc2C)C1(C)C. The first-order chi connectivity index (χ1) is 9.22. The number of methoxy groups -OCH3 is 1. The minimum atomic E-state index is -0.121. The van der Waals surface area contributed by atoms with Gasteiger partial charge in [0.15, 0.2) is 0 Å². The number of aryl methyl sites for hydroxylation is 1. The zero-order chi connectivity index (χ0) is 15.1. The van der Waals surface area contributed by atoms with Crippen molar-refractivity contribution in [1.82, 2.24) is 15.3 Å². The highest BCUT2D eigenvalue weighted by Crippen LogP contribution is 2.55. The summed E-state index contributed by atoms with van der Waals surface area (Å²) in [7, 11) is 1.72. The topological polar surface area (TPSA) is 64.1 Å². The molecule has 1 aromatic rings. The minimum absolute atomic E-state index is 0.0482. The van der Waals surface area contributed by atoms with E-state index in [2.05, 4.69) is 43.0 Å². The molecule has 0 spiro atoms. The standard InChI is InChI=1S/C15H23N3O2/c1-9-10(7-16-8-17-9)11(19)18-12-14(2,3)13(20-6)15(12,4)5/h7-8,12-13H,1-6H3,(H,18,19). The fraction of sp³-hybridized carbons (Fsp3) is 0.667. The Labute approximate surface area is 120 Å². The molecule has 0 aromatic carbocycles. The molecule has 0 bridgehead atoms. The van der Waals surface area contributed by atoms with Crippen LogP contribution in [0, 0.1) is 17.8 Å². The monoisotopic (exact) mass is 277 g/mol. The van der Waals surface area contributed by atoms with Gasteiger partial charge in [0, 0.05) is 30.2 Å². The molecule has 1 amide bonds. The van der Waals surface area contributed by atoms with Crippen LogP contribution in [0.4, 0.5) is 0 Å². The molecule has 1 heterocycles. The van der Waals surface area contributed by atoms with Crippen molar-refractivity contribution in [3.63, 3.8) is 0 Å². The molecule has 1 saturated carbocycles. The number of rotatable bonds is 3. The fourth-order valence-corrected chi connectivity index (χ4v) is 3.93. The van der Waals surface area contributed by atoms with Crippen LogP contribution in [0.5, 0.6) is 0 Å². The zero-order valence-corrected chi connectivity index (χ0v) is 13.0. The van der Waals surface area contributed by atoms with E-state index in [9.17, 15) is 4.79 Å². The molecule has 1 aromatic heterocycles. The minimum Gasteiger partial charge on any atom is -0.380 e. The second-order valence-corrected chi connectivity index (χ2v) is 6.69. The zero-order valence-electron chi connectivity index (χ0n) is 13.0. The molecule has 0 atom stereocenters. The van der Waals surface area contributed by atoms with Crippen LogP contribution in [-0.4, -0.2) is 35.1 Å². The van der Waals surface area contributed by atoms with Gasteiger partial charge in [-0.05, 0) is 6.92 Å². The summed E-state index contributed by atoms with van der Waals surface area (Å²) in [5.74, 6) is -0.121. The molecule has 0 saturated heterocycles. The van der Waals surface area contributed by atoms with Gasteiger partial charge < -0.3 is 10.1 Å². The maximum Gasteiger partial charge on any atom is 0.254 e. The van der Waals surface area contributed by atoms with Gasteiger partial charge in [0.2, 0.25) is 0 Å². The van der Waals surface area contributed by atoms with E-state index >= 15 is 0 Å². The molecule has 2 rings (SSSR count). The van der Waals surface area contributed by atoms with Crippen LogP contribution in [0.25, 0.3) is 0 Å². The molecule has 1 N–H and O–H groups in total. The Morgan fingerprint density at radius 2 is 1.90 bits per heavy atom. The molecule has 20 heavy (non-hydrogen) atoms. The van der Waals surface area contributed by atoms with Crippen molar-refractivity contribution in [2.45, 2.75) is 46.8 Å². The highest BCUT2D eigenvalue weighted by molar-refractivity contribution is 5.95. The maximum atomic E-state index is 12.4. The van der Waals surface area contributed by atoms with E-state index in [0.717, 1.165) is 0 Å². The first kappa shape index (κ1) is 14.9. The fourth-order valence-electron chi connectivity index (χ4n) is 3.93. The van der Waals surface area contributed by atoms with Gasteiger partial charge in [-0.25, -0.2) is 9.97 Å². The van der Waals surface area contributed by atoms with Crippen molar-refractivity contribution >= 4 is 5.91 Å². The van der Waals surface area contributed by atoms with Gasteiger partial charge in [-0.1, -0.05) is 27.7 Å². The van der Waals surface area contributed by atoms with Crippen LogP contribution in [0.2, 0.25) is 0 Å². The molecule has 5 nitrogen and oxygen atoms in total. The van der Waals surface area contributed by atoms with Crippen molar-refractivity contribution in [2.24, 2.45) is 10.8 Å². The summed E-state index contributed by atoms with van der Waals surface area (Å²) in [5.41, 5.74) is 1.02. The Bertz CT molecular complexity index is 510. The molecule has 1 aliphatic rings. The molecular formula is C15H23N3O2. The highest BCUT2D eigenvalue weighted by Gasteiger charge is 2.62. The maximum absolute atomic E-state index is 12.4. The number of nitrogens with zero attached hydrogens (tertiary/aromatic N) is 2. The number of nitrogens with one attached hydrogen (secondary N) is 1. The summed E-state index contributed by atoms with van der Waals surface area (Å²) >= 11 is 0. The second kappa shape index (κ2) is 4.81. The van der Waals surface area contributed by atoms with Gasteiger partial charge in [-0.2, -0.15) is 0 Å². The summed E-state index contributed by atoms with van der Waals surface area (Å²) in [6.45, 7) is 10.3. The number of carbonyl (C=O) groups is 1. The average Bonchev–Trinajstić information content (AvgIpc) is 2.35. The van der Waals surface area contributed by atoms with Gasteiger partial charge in [0.25, 0.3) is 5.91 Å². The van der Waals surface area contributed by atoms with Gasteiger partial charge in [0.1, 0.15) is 6.33 Å². The van der Waals surface area contributed by atoms with Crippen LogP contribution in [0.1, 0.15) is 43.7 Å². The largest absolute Gasteiger partial charge is 0.380 e. The quantitative estimate of drug-likeness (QED) is 0.917. The predicted molar refractivity (Wildman–Crippen MR) is 76.4 cm³/mol. The first-order valence-electron chi connectivity index (χ1n) is 6.83. The van der Waals surface area contributed by atoms with E-state index in [-0.39, 0.29) is 28.9 Å². The lowest BCUT2D eigenvalue weighted by Crippen LogP contribution is -2.73. The van der Waals surface area contributed by atoms with Crippen molar-refractivity contribution in [1.29, 1.82) is 0 Å². The van der Waals surface area contributed by atoms with E-state index in [1.807, 2.05) is 6.92 Å². The van der Waals surface area contributed by atoms with Crippen molar-refractivity contribution < 1.29 is 9.53 Å². The predicted octanol–water partition coefficient (Wildman–Crippen LogP) is 1.96. The number of hydrogen-bond donors (Lipinski definition) is 1. The average molecular weight is 277 g/mol. The Morgan fingerprint density at radius 1 is 1.30 bits per heavy atom. The van der Waals surface area contributed by atoms with Crippen molar-refractivity contribution in [3.8, 4) is 0 Å². The van der Waals surface area contributed by atoms with Crippen LogP contribution in [-0.2, 0) is 4.74 Å². The lowest BCUT2D eigenvalue weighted by atomic mass is 9.49. The lowest BCUT2D eigenvalue weighted by molar-refractivity contribution is -0.195. The van der Waals surface area contributed by atoms with Gasteiger partial charge in [-0.15, -0.1) is 0 Å². The van der Waals surface area contributed by atoms with E-state index in [1.54, 1.807) is 13.3 Å². The Hall–Kier alpha value is -1.49. The third-order valence-corrected chi connectivity index (χ3v) is 4.51. The van der Waals surface area contributed by atoms with E-state index in [1.165, 1.54) is 6.33 Å². The van der Waals surface area contributed by atoms with E-state index in [0.29, 0.717) is 11.3 Å². The van der Waals surface area contributed by atoms with Crippen molar-refractivity contribution in [3.05, 3.63) is 23.8 Å². The highest BCUT2D eigenvalue weighted by atomic mass is 16.5.